The molecule has 0 spiro atoms. The molecule has 2 aromatic rings. The largest absolute Gasteiger partial charge is 0.394 e. The summed E-state index contributed by atoms with van der Waals surface area (Å²) in [6.07, 6.45) is 4.88. The van der Waals surface area contributed by atoms with Crippen LogP contribution in [0, 0.1) is 12.8 Å². The van der Waals surface area contributed by atoms with Gasteiger partial charge in [-0.2, -0.15) is 0 Å². The molecule has 1 aromatic carbocycles. The van der Waals surface area contributed by atoms with Crippen molar-refractivity contribution in [3.8, 4) is 0 Å². The van der Waals surface area contributed by atoms with E-state index in [1.54, 1.807) is 0 Å². The Hall–Kier alpha value is -1.65. The Kier molecular flexibility index (Phi) is 4.19. The van der Waals surface area contributed by atoms with E-state index in [9.17, 15) is 5.11 Å². The molecule has 0 bridgehead atoms. The molecular weight excluding hydrogens is 300 g/mol. The summed E-state index contributed by atoms with van der Waals surface area (Å²) in [6, 6.07) is 6.83. The third kappa shape index (κ3) is 2.78. The number of piperidine rings is 1. The number of hydrogen-bond acceptors (Lipinski definition) is 4. The van der Waals surface area contributed by atoms with Gasteiger partial charge in [-0.3, -0.25) is 0 Å². The average molecular weight is 326 g/mol. The van der Waals surface area contributed by atoms with E-state index in [0.717, 1.165) is 37.3 Å². The SMILES string of the molecule is Cc1cc(N2CCC(C(O)CO)CC2)nc2cc3c(cc12)CCC3. The zero-order chi connectivity index (χ0) is 16.7. The summed E-state index contributed by atoms with van der Waals surface area (Å²) in [7, 11) is 0. The Morgan fingerprint density at radius 3 is 2.58 bits per heavy atom. The Labute approximate surface area is 143 Å². The smallest absolute Gasteiger partial charge is 0.129 e. The van der Waals surface area contributed by atoms with Crippen LogP contribution >= 0.6 is 0 Å². The second-order valence-electron chi connectivity index (χ2n) is 7.36. The first-order valence-corrected chi connectivity index (χ1v) is 9.12. The minimum absolute atomic E-state index is 0.136. The van der Waals surface area contributed by atoms with Crippen molar-refractivity contribution in [1.82, 2.24) is 4.98 Å². The maximum Gasteiger partial charge on any atom is 0.129 e. The molecule has 1 aliphatic carbocycles. The maximum atomic E-state index is 9.83. The quantitative estimate of drug-likeness (QED) is 0.910. The lowest BCUT2D eigenvalue weighted by Crippen LogP contribution is -2.39. The van der Waals surface area contributed by atoms with Crippen LogP contribution in [0.15, 0.2) is 18.2 Å². The van der Waals surface area contributed by atoms with Crippen LogP contribution in [-0.2, 0) is 12.8 Å². The first-order chi connectivity index (χ1) is 11.7. The Balaban J connectivity index is 1.60. The van der Waals surface area contributed by atoms with E-state index in [1.807, 2.05) is 0 Å². The fourth-order valence-electron chi connectivity index (χ4n) is 4.27. The molecule has 1 aromatic heterocycles. The molecule has 1 unspecified atom stereocenters. The highest BCUT2D eigenvalue weighted by Gasteiger charge is 2.25. The van der Waals surface area contributed by atoms with Gasteiger partial charge in [-0.25, -0.2) is 4.98 Å². The molecule has 4 nitrogen and oxygen atoms in total. The summed E-state index contributed by atoms with van der Waals surface area (Å²) in [5.41, 5.74) is 5.38. The Bertz CT molecular complexity index is 751. The van der Waals surface area contributed by atoms with Gasteiger partial charge in [0.25, 0.3) is 0 Å². The fraction of sp³-hybridized carbons (Fsp3) is 0.550. The second-order valence-corrected chi connectivity index (χ2v) is 7.36. The van der Waals surface area contributed by atoms with E-state index < -0.39 is 6.10 Å². The maximum absolute atomic E-state index is 9.83. The van der Waals surface area contributed by atoms with Crippen LogP contribution in [0.2, 0.25) is 0 Å². The zero-order valence-corrected chi connectivity index (χ0v) is 14.3. The van der Waals surface area contributed by atoms with Crippen LogP contribution in [0.1, 0.15) is 36.0 Å². The van der Waals surface area contributed by atoms with E-state index in [0.29, 0.717) is 0 Å². The molecule has 4 heteroatoms. The van der Waals surface area contributed by atoms with Crippen molar-refractivity contribution in [3.63, 3.8) is 0 Å². The van der Waals surface area contributed by atoms with Crippen LogP contribution < -0.4 is 4.90 Å². The fourth-order valence-corrected chi connectivity index (χ4v) is 4.27. The number of aliphatic hydroxyl groups is 2. The number of pyridine rings is 1. The van der Waals surface area contributed by atoms with Gasteiger partial charge >= 0.3 is 0 Å². The van der Waals surface area contributed by atoms with E-state index in [2.05, 4.69) is 30.0 Å². The number of hydrogen-bond donors (Lipinski definition) is 2. The molecule has 24 heavy (non-hydrogen) atoms. The van der Waals surface area contributed by atoms with Gasteiger partial charge in [0.15, 0.2) is 0 Å². The van der Waals surface area contributed by atoms with Crippen molar-refractivity contribution in [3.05, 3.63) is 34.9 Å². The predicted molar refractivity (Wildman–Crippen MR) is 96.5 cm³/mol. The van der Waals surface area contributed by atoms with Crippen molar-refractivity contribution in [2.75, 3.05) is 24.6 Å². The van der Waals surface area contributed by atoms with Crippen LogP contribution in [-0.4, -0.2) is 41.0 Å². The minimum Gasteiger partial charge on any atom is -0.394 e. The first-order valence-electron chi connectivity index (χ1n) is 9.12. The third-order valence-corrected chi connectivity index (χ3v) is 5.81. The van der Waals surface area contributed by atoms with Crippen LogP contribution in [0.3, 0.4) is 0 Å². The zero-order valence-electron chi connectivity index (χ0n) is 14.3. The van der Waals surface area contributed by atoms with Gasteiger partial charge in [0.1, 0.15) is 5.82 Å². The lowest BCUT2D eigenvalue weighted by Gasteiger charge is -2.34. The van der Waals surface area contributed by atoms with Gasteiger partial charge in [0, 0.05) is 18.5 Å². The average Bonchev–Trinajstić information content (AvgIpc) is 3.07. The van der Waals surface area contributed by atoms with Crippen molar-refractivity contribution >= 4 is 16.7 Å². The monoisotopic (exact) mass is 326 g/mol. The number of aliphatic hydroxyl groups excluding tert-OH is 2. The minimum atomic E-state index is -0.582. The van der Waals surface area contributed by atoms with E-state index in [1.165, 1.54) is 41.3 Å². The van der Waals surface area contributed by atoms with Gasteiger partial charge in [-0.05, 0) is 79.8 Å². The summed E-state index contributed by atoms with van der Waals surface area (Å²) in [5, 5.41) is 20.2. The van der Waals surface area contributed by atoms with Gasteiger partial charge in [0.05, 0.1) is 18.2 Å². The van der Waals surface area contributed by atoms with E-state index in [4.69, 9.17) is 10.1 Å². The highest BCUT2D eigenvalue weighted by Crippen LogP contribution is 2.31. The lowest BCUT2D eigenvalue weighted by molar-refractivity contribution is 0.0376. The molecular formula is C20H26N2O2. The summed E-state index contributed by atoms with van der Waals surface area (Å²) in [4.78, 5) is 7.26. The molecule has 1 aliphatic heterocycles. The number of aryl methyl sites for hydroxylation is 3. The summed E-state index contributed by atoms with van der Waals surface area (Å²) < 4.78 is 0. The molecule has 2 N–H and O–H groups in total. The normalized spacial score (nSPS) is 19.7. The van der Waals surface area contributed by atoms with Crippen molar-refractivity contribution in [2.24, 2.45) is 5.92 Å². The molecule has 2 aliphatic rings. The number of benzene rings is 1. The topological polar surface area (TPSA) is 56.6 Å². The molecule has 0 radical (unpaired) electrons. The van der Waals surface area contributed by atoms with Crippen LogP contribution in [0.25, 0.3) is 10.9 Å². The number of fused-ring (bicyclic) bond motifs is 2. The molecule has 2 heterocycles. The number of anilines is 1. The number of rotatable bonds is 3. The van der Waals surface area contributed by atoms with Gasteiger partial charge in [-0.15, -0.1) is 0 Å². The van der Waals surface area contributed by atoms with E-state index >= 15 is 0 Å². The molecule has 0 saturated carbocycles. The second kappa shape index (κ2) is 6.34. The van der Waals surface area contributed by atoms with Crippen molar-refractivity contribution in [2.45, 2.75) is 45.1 Å². The highest BCUT2D eigenvalue weighted by atomic mass is 16.3. The Morgan fingerprint density at radius 2 is 1.88 bits per heavy atom. The first kappa shape index (κ1) is 15.9. The Morgan fingerprint density at radius 1 is 1.17 bits per heavy atom. The van der Waals surface area contributed by atoms with Crippen molar-refractivity contribution < 1.29 is 10.2 Å². The summed E-state index contributed by atoms with van der Waals surface area (Å²) >= 11 is 0. The molecule has 4 rings (SSSR count). The highest BCUT2D eigenvalue weighted by molar-refractivity contribution is 5.85. The molecule has 128 valence electrons. The molecule has 1 saturated heterocycles. The molecule has 1 fully saturated rings. The predicted octanol–water partition coefficient (Wildman–Crippen LogP) is 2.60. The van der Waals surface area contributed by atoms with Gasteiger partial charge in [-0.1, -0.05) is 0 Å². The molecule has 0 amide bonds. The molecule has 1 atom stereocenters. The van der Waals surface area contributed by atoms with Gasteiger partial charge < -0.3 is 15.1 Å². The summed E-state index contributed by atoms with van der Waals surface area (Å²) in [6.45, 7) is 3.83. The van der Waals surface area contributed by atoms with E-state index in [-0.39, 0.29) is 12.5 Å². The third-order valence-electron chi connectivity index (χ3n) is 5.81. The van der Waals surface area contributed by atoms with Gasteiger partial charge in [0.2, 0.25) is 0 Å². The lowest BCUT2D eigenvalue weighted by atomic mass is 9.91. The standard InChI is InChI=1S/C20H26N2O2/c1-13-9-20(22-7-5-14(6-8-22)19(24)12-23)21-18-11-16-4-2-3-15(16)10-17(13)18/h9-11,14,19,23-24H,2-8,12H2,1H3. The van der Waals surface area contributed by atoms with Crippen LogP contribution in [0.5, 0.6) is 0 Å². The number of aromatic nitrogens is 1. The number of nitrogens with zero attached hydrogens (tertiary/aromatic N) is 2. The summed E-state index contributed by atoms with van der Waals surface area (Å²) in [5.74, 6) is 1.26. The van der Waals surface area contributed by atoms with Crippen LogP contribution in [0.4, 0.5) is 5.82 Å². The van der Waals surface area contributed by atoms with Crippen molar-refractivity contribution in [1.29, 1.82) is 0 Å².